The summed E-state index contributed by atoms with van der Waals surface area (Å²) in [4.78, 5) is 2.32. The summed E-state index contributed by atoms with van der Waals surface area (Å²) in [5.41, 5.74) is 2.41. The predicted molar refractivity (Wildman–Crippen MR) is 84.6 cm³/mol. The third-order valence-corrected chi connectivity index (χ3v) is 4.40. The normalized spacial score (nSPS) is 12.5. The number of hydrogen-bond donors (Lipinski definition) is 0. The molecule has 0 bridgehead atoms. The van der Waals surface area contributed by atoms with Crippen molar-refractivity contribution >= 4 is 45.0 Å². The number of anilines is 1. The van der Waals surface area contributed by atoms with Crippen LogP contribution in [0.15, 0.2) is 22.7 Å². The van der Waals surface area contributed by atoms with Crippen LogP contribution in [0.5, 0.6) is 0 Å². The molecule has 1 atom stereocenters. The molecular weight excluding hydrogens is 318 g/mol. The van der Waals surface area contributed by atoms with Gasteiger partial charge in [-0.1, -0.05) is 22.0 Å². The maximum atomic E-state index is 5.99. The summed E-state index contributed by atoms with van der Waals surface area (Å²) in [5, 5.41) is 0. The van der Waals surface area contributed by atoms with Gasteiger partial charge >= 0.3 is 0 Å². The third-order valence-electron chi connectivity index (χ3n) is 2.97. The fourth-order valence-corrected chi connectivity index (χ4v) is 2.85. The van der Waals surface area contributed by atoms with Crippen LogP contribution in [0.2, 0.25) is 0 Å². The molecule has 0 aliphatic carbocycles. The highest BCUT2D eigenvalue weighted by Crippen LogP contribution is 2.27. The Hall–Kier alpha value is 0.140. The van der Waals surface area contributed by atoms with E-state index in [1.165, 1.54) is 23.4 Å². The van der Waals surface area contributed by atoms with Gasteiger partial charge in [0.05, 0.1) is 0 Å². The lowest BCUT2D eigenvalue weighted by atomic mass is 10.1. The molecule has 1 aromatic rings. The number of hydrogen-bond acceptors (Lipinski definition) is 2. The number of thioether (sulfide) groups is 1. The van der Waals surface area contributed by atoms with Crippen LogP contribution in [0.1, 0.15) is 18.9 Å². The highest BCUT2D eigenvalue weighted by molar-refractivity contribution is 9.10. The molecule has 0 N–H and O–H groups in total. The van der Waals surface area contributed by atoms with Gasteiger partial charge in [0, 0.05) is 29.1 Å². The fourth-order valence-electron chi connectivity index (χ4n) is 1.70. The van der Waals surface area contributed by atoms with Gasteiger partial charge in [0.1, 0.15) is 0 Å². The highest BCUT2D eigenvalue weighted by Gasteiger charge is 2.13. The molecule has 0 heterocycles. The van der Waals surface area contributed by atoms with Gasteiger partial charge in [-0.25, -0.2) is 0 Å². The first-order valence-corrected chi connectivity index (χ1v) is 8.38. The minimum atomic E-state index is 0.527. The summed E-state index contributed by atoms with van der Waals surface area (Å²) in [7, 11) is 2.14. The Morgan fingerprint density at radius 3 is 2.76 bits per heavy atom. The molecular formula is C13H19BrClNS. The first kappa shape index (κ1) is 15.2. The van der Waals surface area contributed by atoms with Gasteiger partial charge in [-0.2, -0.15) is 11.8 Å². The largest absolute Gasteiger partial charge is 0.372 e. The lowest BCUT2D eigenvalue weighted by molar-refractivity contribution is 0.667. The number of halogens is 2. The molecule has 0 saturated carbocycles. The quantitative estimate of drug-likeness (QED) is 0.689. The van der Waals surface area contributed by atoms with Crippen molar-refractivity contribution in [2.75, 3.05) is 24.0 Å². The Morgan fingerprint density at radius 1 is 1.47 bits per heavy atom. The van der Waals surface area contributed by atoms with E-state index in [2.05, 4.69) is 53.2 Å². The van der Waals surface area contributed by atoms with E-state index in [4.69, 9.17) is 11.6 Å². The smallest absolute Gasteiger partial charge is 0.0494 e. The van der Waals surface area contributed by atoms with Gasteiger partial charge in [-0.15, -0.1) is 11.6 Å². The zero-order valence-corrected chi connectivity index (χ0v) is 13.7. The molecule has 0 aliphatic rings. The summed E-state index contributed by atoms with van der Waals surface area (Å²) in [6.45, 7) is 2.26. The van der Waals surface area contributed by atoms with E-state index >= 15 is 0 Å². The lowest BCUT2D eigenvalue weighted by Gasteiger charge is -2.29. The van der Waals surface area contributed by atoms with Gasteiger partial charge in [0.15, 0.2) is 0 Å². The molecule has 0 amide bonds. The van der Waals surface area contributed by atoms with Crippen molar-refractivity contribution in [3.05, 3.63) is 28.2 Å². The van der Waals surface area contributed by atoms with E-state index in [1.54, 1.807) is 0 Å². The van der Waals surface area contributed by atoms with E-state index < -0.39 is 0 Å². The molecule has 1 unspecified atom stereocenters. The van der Waals surface area contributed by atoms with Crippen molar-refractivity contribution in [1.82, 2.24) is 0 Å². The maximum Gasteiger partial charge on any atom is 0.0494 e. The Kier molecular flexibility index (Phi) is 6.75. The van der Waals surface area contributed by atoms with Crippen LogP contribution in [0, 0.1) is 0 Å². The lowest BCUT2D eigenvalue weighted by Crippen LogP contribution is -2.30. The number of rotatable bonds is 6. The van der Waals surface area contributed by atoms with Gasteiger partial charge in [-0.05, 0) is 43.0 Å². The van der Waals surface area contributed by atoms with Crippen LogP contribution in [0.25, 0.3) is 0 Å². The second kappa shape index (κ2) is 7.55. The van der Waals surface area contributed by atoms with Crippen molar-refractivity contribution in [3.8, 4) is 0 Å². The average molecular weight is 337 g/mol. The summed E-state index contributed by atoms with van der Waals surface area (Å²) in [6, 6.07) is 6.80. The Balaban J connectivity index is 2.86. The predicted octanol–water partition coefficient (Wildman–Crippen LogP) is 4.77. The molecule has 96 valence electrons. The molecule has 0 fully saturated rings. The molecule has 0 radical (unpaired) electrons. The summed E-state index contributed by atoms with van der Waals surface area (Å²) >= 11 is 11.4. The fraction of sp³-hybridized carbons (Fsp3) is 0.538. The van der Waals surface area contributed by atoms with Crippen molar-refractivity contribution < 1.29 is 0 Å². The monoisotopic (exact) mass is 335 g/mol. The molecule has 0 spiro atoms. The van der Waals surface area contributed by atoms with Crippen LogP contribution >= 0.6 is 39.3 Å². The van der Waals surface area contributed by atoms with Crippen molar-refractivity contribution in [2.45, 2.75) is 25.3 Å². The van der Waals surface area contributed by atoms with E-state index in [1.807, 2.05) is 17.8 Å². The van der Waals surface area contributed by atoms with Crippen molar-refractivity contribution in [3.63, 3.8) is 0 Å². The molecule has 4 heteroatoms. The third kappa shape index (κ3) is 4.38. The zero-order chi connectivity index (χ0) is 12.8. The molecule has 0 aliphatic heterocycles. The van der Waals surface area contributed by atoms with Crippen LogP contribution in [0.3, 0.4) is 0 Å². The van der Waals surface area contributed by atoms with Gasteiger partial charge in [0.25, 0.3) is 0 Å². The first-order valence-electron chi connectivity index (χ1n) is 5.66. The first-order chi connectivity index (χ1) is 8.10. The van der Waals surface area contributed by atoms with E-state index in [0.717, 1.165) is 4.47 Å². The maximum absolute atomic E-state index is 5.99. The number of benzene rings is 1. The molecule has 0 saturated heterocycles. The SMILES string of the molecule is CSCCC(C)N(C)c1cc(Br)ccc1CCl. The van der Waals surface area contributed by atoms with Crippen molar-refractivity contribution in [1.29, 1.82) is 0 Å². The molecule has 1 aromatic carbocycles. The van der Waals surface area contributed by atoms with E-state index in [0.29, 0.717) is 11.9 Å². The minimum Gasteiger partial charge on any atom is -0.372 e. The standard InChI is InChI=1S/C13H19BrClNS/c1-10(6-7-17-3)16(2)13-8-12(14)5-4-11(13)9-15/h4-5,8,10H,6-7,9H2,1-3H3. The van der Waals surface area contributed by atoms with Crippen LogP contribution < -0.4 is 4.90 Å². The van der Waals surface area contributed by atoms with Gasteiger partial charge in [-0.3, -0.25) is 0 Å². The summed E-state index contributed by atoms with van der Waals surface area (Å²) < 4.78 is 1.10. The average Bonchev–Trinajstić information content (AvgIpc) is 2.34. The van der Waals surface area contributed by atoms with Crippen LogP contribution in [0.4, 0.5) is 5.69 Å². The molecule has 1 rings (SSSR count). The minimum absolute atomic E-state index is 0.527. The Morgan fingerprint density at radius 2 is 2.18 bits per heavy atom. The molecule has 17 heavy (non-hydrogen) atoms. The topological polar surface area (TPSA) is 3.24 Å². The van der Waals surface area contributed by atoms with E-state index in [-0.39, 0.29) is 0 Å². The summed E-state index contributed by atoms with van der Waals surface area (Å²) in [5.74, 6) is 1.75. The van der Waals surface area contributed by atoms with E-state index in [9.17, 15) is 0 Å². The second-order valence-electron chi connectivity index (χ2n) is 4.15. The zero-order valence-electron chi connectivity index (χ0n) is 10.5. The Bertz CT molecular complexity index is 359. The van der Waals surface area contributed by atoms with Gasteiger partial charge < -0.3 is 4.90 Å². The van der Waals surface area contributed by atoms with Gasteiger partial charge in [0.2, 0.25) is 0 Å². The van der Waals surface area contributed by atoms with Crippen LogP contribution in [-0.4, -0.2) is 25.1 Å². The number of nitrogens with zero attached hydrogens (tertiary/aromatic N) is 1. The second-order valence-corrected chi connectivity index (χ2v) is 6.32. The number of alkyl halides is 1. The summed E-state index contributed by atoms with van der Waals surface area (Å²) in [6.07, 6.45) is 3.34. The van der Waals surface area contributed by atoms with Crippen LogP contribution in [-0.2, 0) is 5.88 Å². The highest BCUT2D eigenvalue weighted by atomic mass is 79.9. The molecule has 1 nitrogen and oxygen atoms in total. The Labute approximate surface area is 122 Å². The van der Waals surface area contributed by atoms with Crippen molar-refractivity contribution in [2.24, 2.45) is 0 Å². The molecule has 0 aromatic heterocycles.